The normalized spacial score (nSPS) is 10.4. The maximum Gasteiger partial charge on any atom is 0.287 e. The molecule has 0 bridgehead atoms. The van der Waals surface area contributed by atoms with Crippen molar-refractivity contribution in [2.75, 3.05) is 5.32 Å². The molecule has 2 aromatic heterocycles. The fourth-order valence-corrected chi connectivity index (χ4v) is 2.24. The summed E-state index contributed by atoms with van der Waals surface area (Å²) >= 11 is 0. The van der Waals surface area contributed by atoms with Gasteiger partial charge in [-0.3, -0.25) is 14.8 Å². The molecule has 0 aliphatic heterocycles. The van der Waals surface area contributed by atoms with Crippen LogP contribution in [-0.4, -0.2) is 19.7 Å². The Balaban J connectivity index is 1.69. The lowest BCUT2D eigenvalue weighted by molar-refractivity contribution is -0.385. The third-order valence-electron chi connectivity index (χ3n) is 3.43. The van der Waals surface area contributed by atoms with Crippen LogP contribution < -0.4 is 5.32 Å². The molecule has 0 spiro atoms. The van der Waals surface area contributed by atoms with Gasteiger partial charge in [-0.25, -0.2) is 4.98 Å². The zero-order valence-corrected chi connectivity index (χ0v) is 12.3. The van der Waals surface area contributed by atoms with Crippen molar-refractivity contribution < 1.29 is 4.92 Å². The van der Waals surface area contributed by atoms with Gasteiger partial charge in [0, 0.05) is 25.0 Å². The van der Waals surface area contributed by atoms with Gasteiger partial charge in [-0.05, 0) is 23.3 Å². The molecule has 0 atom stereocenters. The summed E-state index contributed by atoms with van der Waals surface area (Å²) in [7, 11) is 0. The van der Waals surface area contributed by atoms with Gasteiger partial charge in [0.2, 0.25) is 0 Å². The van der Waals surface area contributed by atoms with Crippen LogP contribution >= 0.6 is 0 Å². The van der Waals surface area contributed by atoms with Crippen molar-refractivity contribution in [3.63, 3.8) is 0 Å². The van der Waals surface area contributed by atoms with E-state index in [1.165, 1.54) is 12.3 Å². The minimum Gasteiger partial charge on any atom is -0.366 e. The smallest absolute Gasteiger partial charge is 0.287 e. The van der Waals surface area contributed by atoms with E-state index in [0.717, 1.165) is 11.1 Å². The predicted octanol–water partition coefficient (Wildman–Crippen LogP) is 2.85. The van der Waals surface area contributed by atoms with Crippen LogP contribution in [0.1, 0.15) is 11.1 Å². The van der Waals surface area contributed by atoms with Crippen LogP contribution in [0.5, 0.6) is 0 Å². The molecule has 0 saturated heterocycles. The van der Waals surface area contributed by atoms with Gasteiger partial charge in [-0.15, -0.1) is 0 Å². The van der Waals surface area contributed by atoms with E-state index < -0.39 is 4.92 Å². The molecule has 0 amide bonds. The number of rotatable bonds is 6. The van der Waals surface area contributed by atoms with Gasteiger partial charge in [0.25, 0.3) is 5.69 Å². The van der Waals surface area contributed by atoms with E-state index >= 15 is 0 Å². The summed E-state index contributed by atoms with van der Waals surface area (Å²) in [5.41, 5.74) is 2.27. The van der Waals surface area contributed by atoms with Crippen LogP contribution in [0.25, 0.3) is 0 Å². The lowest BCUT2D eigenvalue weighted by Crippen LogP contribution is -2.07. The van der Waals surface area contributed by atoms with E-state index in [4.69, 9.17) is 0 Å². The molecule has 3 aromatic rings. The molecule has 0 saturated carbocycles. The molecule has 0 radical (unpaired) electrons. The largest absolute Gasteiger partial charge is 0.366 e. The highest BCUT2D eigenvalue weighted by molar-refractivity contribution is 5.41. The van der Waals surface area contributed by atoms with Gasteiger partial charge in [0.1, 0.15) is 12.0 Å². The van der Waals surface area contributed by atoms with Gasteiger partial charge in [0.05, 0.1) is 11.5 Å². The van der Waals surface area contributed by atoms with Gasteiger partial charge in [0.15, 0.2) is 0 Å². The van der Waals surface area contributed by atoms with Crippen molar-refractivity contribution in [2.45, 2.75) is 13.1 Å². The second-order valence-corrected chi connectivity index (χ2v) is 4.98. The highest BCUT2D eigenvalue weighted by Gasteiger charge is 2.06. The monoisotopic (exact) mass is 309 g/mol. The zero-order valence-electron chi connectivity index (χ0n) is 12.3. The zero-order chi connectivity index (χ0) is 16.1. The quantitative estimate of drug-likeness (QED) is 0.559. The van der Waals surface area contributed by atoms with Gasteiger partial charge >= 0.3 is 0 Å². The van der Waals surface area contributed by atoms with Crippen LogP contribution in [0.3, 0.4) is 0 Å². The van der Waals surface area contributed by atoms with Crippen molar-refractivity contribution in [2.24, 2.45) is 0 Å². The van der Waals surface area contributed by atoms with Gasteiger partial charge < -0.3 is 5.32 Å². The second-order valence-electron chi connectivity index (χ2n) is 4.98. The Bertz CT molecular complexity index is 784. The molecule has 23 heavy (non-hydrogen) atoms. The molecule has 3 rings (SSSR count). The maximum atomic E-state index is 10.6. The Hall–Kier alpha value is -3.22. The van der Waals surface area contributed by atoms with Crippen molar-refractivity contribution in [3.05, 3.63) is 82.3 Å². The Kier molecular flexibility index (Phi) is 4.28. The number of nitrogens with zero attached hydrogens (tertiary/aromatic N) is 4. The van der Waals surface area contributed by atoms with E-state index in [-0.39, 0.29) is 5.69 Å². The van der Waals surface area contributed by atoms with E-state index in [9.17, 15) is 10.1 Å². The average molecular weight is 309 g/mol. The third kappa shape index (κ3) is 3.70. The van der Waals surface area contributed by atoms with E-state index in [0.29, 0.717) is 18.9 Å². The molecule has 2 heterocycles. The van der Waals surface area contributed by atoms with Crippen molar-refractivity contribution >= 4 is 11.5 Å². The topological polar surface area (TPSA) is 85.9 Å². The van der Waals surface area contributed by atoms with Crippen LogP contribution in [0, 0.1) is 10.1 Å². The van der Waals surface area contributed by atoms with Crippen molar-refractivity contribution in [1.82, 2.24) is 14.8 Å². The Morgan fingerprint density at radius 1 is 1.13 bits per heavy atom. The highest BCUT2D eigenvalue weighted by atomic mass is 16.6. The first-order valence-corrected chi connectivity index (χ1v) is 7.11. The van der Waals surface area contributed by atoms with Gasteiger partial charge in [-0.1, -0.05) is 24.3 Å². The molecule has 1 aromatic carbocycles. The summed E-state index contributed by atoms with van der Waals surface area (Å²) in [5, 5.41) is 18.0. The van der Waals surface area contributed by atoms with E-state index in [2.05, 4.69) is 21.5 Å². The van der Waals surface area contributed by atoms with Crippen LogP contribution in [-0.2, 0) is 13.1 Å². The summed E-state index contributed by atoms with van der Waals surface area (Å²) in [6.45, 7) is 1.28. The number of pyridine rings is 1. The van der Waals surface area contributed by atoms with E-state index in [1.807, 2.05) is 35.1 Å². The molecular formula is C16H15N5O2. The van der Waals surface area contributed by atoms with Crippen molar-refractivity contribution in [3.8, 4) is 0 Å². The summed E-state index contributed by atoms with van der Waals surface area (Å²) in [6, 6.07) is 13.0. The third-order valence-corrected chi connectivity index (χ3v) is 3.43. The molecule has 7 heteroatoms. The number of hydrogen-bond donors (Lipinski definition) is 1. The first-order valence-electron chi connectivity index (χ1n) is 7.11. The summed E-state index contributed by atoms with van der Waals surface area (Å²) in [4.78, 5) is 14.2. The number of benzene rings is 1. The van der Waals surface area contributed by atoms with Crippen LogP contribution in [0.15, 0.2) is 61.1 Å². The number of anilines is 1. The Morgan fingerprint density at radius 2 is 1.96 bits per heavy atom. The van der Waals surface area contributed by atoms with Crippen LogP contribution in [0.4, 0.5) is 11.5 Å². The number of nitrogens with one attached hydrogen (secondary N) is 1. The SMILES string of the molecule is O=[N+]([O-])c1ccc(NCc2ccccc2Cn2cccn2)nc1. The van der Waals surface area contributed by atoms with Gasteiger partial charge in [-0.2, -0.15) is 5.10 Å². The van der Waals surface area contributed by atoms with Crippen molar-refractivity contribution in [1.29, 1.82) is 0 Å². The number of nitro groups is 1. The number of hydrogen-bond acceptors (Lipinski definition) is 5. The molecule has 116 valence electrons. The van der Waals surface area contributed by atoms with E-state index in [1.54, 1.807) is 12.3 Å². The average Bonchev–Trinajstić information content (AvgIpc) is 3.07. The first kappa shape index (κ1) is 14.7. The lowest BCUT2D eigenvalue weighted by Gasteiger charge is -2.11. The standard InChI is InChI=1S/C16H15N5O2/c22-21(23)15-6-7-16(18-11-15)17-10-13-4-1-2-5-14(13)12-20-9-3-8-19-20/h1-9,11H,10,12H2,(H,17,18). The Labute approximate surface area is 132 Å². The minimum absolute atomic E-state index is 0.0189. The Morgan fingerprint density at radius 3 is 2.61 bits per heavy atom. The highest BCUT2D eigenvalue weighted by Crippen LogP contribution is 2.15. The molecule has 0 aliphatic carbocycles. The minimum atomic E-state index is -0.462. The molecule has 7 nitrogen and oxygen atoms in total. The lowest BCUT2D eigenvalue weighted by atomic mass is 10.1. The molecule has 0 fully saturated rings. The number of aromatic nitrogens is 3. The predicted molar refractivity (Wildman–Crippen MR) is 86.0 cm³/mol. The second kappa shape index (κ2) is 6.69. The molecule has 0 unspecified atom stereocenters. The fourth-order valence-electron chi connectivity index (χ4n) is 2.24. The van der Waals surface area contributed by atoms with Crippen LogP contribution in [0.2, 0.25) is 0 Å². The fraction of sp³-hybridized carbons (Fsp3) is 0.125. The summed E-state index contributed by atoms with van der Waals surface area (Å²) < 4.78 is 1.86. The first-order chi connectivity index (χ1) is 11.2. The molecule has 1 N–H and O–H groups in total. The maximum absolute atomic E-state index is 10.6. The molecule has 0 aliphatic rings. The summed E-state index contributed by atoms with van der Waals surface area (Å²) in [5.74, 6) is 0.601. The summed E-state index contributed by atoms with van der Waals surface area (Å²) in [6.07, 6.45) is 4.92. The molecular weight excluding hydrogens is 294 g/mol.